The van der Waals surface area contributed by atoms with Crippen LogP contribution < -0.4 is 10.6 Å². The maximum Gasteiger partial charge on any atom is 0.319 e. The number of carbonyl (C=O) groups excluding carboxylic acids is 1. The predicted molar refractivity (Wildman–Crippen MR) is 96.9 cm³/mol. The summed E-state index contributed by atoms with van der Waals surface area (Å²) < 4.78 is 26.7. The number of anilines is 1. The van der Waals surface area contributed by atoms with Gasteiger partial charge >= 0.3 is 6.03 Å². The Bertz CT molecular complexity index is 834. The Balaban J connectivity index is 1.58. The zero-order valence-electron chi connectivity index (χ0n) is 14.3. The number of carbonyl (C=O) groups is 1. The largest absolute Gasteiger partial charge is 0.334 e. The molecule has 2 amide bonds. The second-order valence-corrected chi connectivity index (χ2v) is 7.98. The highest BCUT2D eigenvalue weighted by molar-refractivity contribution is 7.89. The van der Waals surface area contributed by atoms with Gasteiger partial charge in [0.05, 0.1) is 4.90 Å². The number of piperidine rings is 1. The zero-order chi connectivity index (χ0) is 18.4. The molecular weight excluding hydrogens is 354 g/mol. The van der Waals surface area contributed by atoms with Crippen LogP contribution in [0.1, 0.15) is 24.8 Å². The van der Waals surface area contributed by atoms with E-state index in [4.69, 9.17) is 0 Å². The zero-order valence-corrected chi connectivity index (χ0v) is 15.1. The van der Waals surface area contributed by atoms with Crippen LogP contribution in [-0.2, 0) is 16.6 Å². The molecule has 1 aromatic carbocycles. The van der Waals surface area contributed by atoms with E-state index in [-0.39, 0.29) is 10.9 Å². The van der Waals surface area contributed by atoms with Gasteiger partial charge in [-0.05, 0) is 37.1 Å². The first-order valence-corrected chi connectivity index (χ1v) is 9.89. The van der Waals surface area contributed by atoms with Crippen LogP contribution in [0.15, 0.2) is 47.9 Å². The molecule has 138 valence electrons. The Morgan fingerprint density at radius 3 is 2.35 bits per heavy atom. The van der Waals surface area contributed by atoms with Gasteiger partial charge < -0.3 is 10.6 Å². The van der Waals surface area contributed by atoms with Gasteiger partial charge in [0.15, 0.2) is 0 Å². The number of nitrogens with one attached hydrogen (secondary N) is 2. The van der Waals surface area contributed by atoms with Crippen LogP contribution in [0.3, 0.4) is 0 Å². The number of hydrogen-bond acceptors (Lipinski definition) is 5. The lowest BCUT2D eigenvalue weighted by Gasteiger charge is -2.25. The van der Waals surface area contributed by atoms with Crippen molar-refractivity contribution in [3.05, 3.63) is 48.5 Å². The average molecular weight is 375 g/mol. The molecule has 2 N–H and O–H groups in total. The van der Waals surface area contributed by atoms with E-state index in [9.17, 15) is 13.2 Å². The van der Waals surface area contributed by atoms with Crippen molar-refractivity contribution in [3.63, 3.8) is 0 Å². The minimum absolute atomic E-state index is 0.242. The number of hydrogen-bond donors (Lipinski definition) is 2. The molecule has 0 spiro atoms. The van der Waals surface area contributed by atoms with E-state index < -0.39 is 10.0 Å². The minimum atomic E-state index is -3.46. The molecule has 9 heteroatoms. The number of urea groups is 1. The number of nitrogens with zero attached hydrogens (tertiary/aromatic N) is 3. The first-order valence-electron chi connectivity index (χ1n) is 8.45. The molecule has 2 heterocycles. The maximum absolute atomic E-state index is 12.6. The molecule has 0 bridgehead atoms. The van der Waals surface area contributed by atoms with E-state index >= 15 is 0 Å². The maximum atomic E-state index is 12.6. The number of amides is 2. The highest BCUT2D eigenvalue weighted by Gasteiger charge is 2.25. The molecule has 3 rings (SSSR count). The van der Waals surface area contributed by atoms with E-state index in [0.717, 1.165) is 24.8 Å². The van der Waals surface area contributed by atoms with Gasteiger partial charge in [0.2, 0.25) is 10.0 Å². The molecule has 26 heavy (non-hydrogen) atoms. The highest BCUT2D eigenvalue weighted by atomic mass is 32.2. The SMILES string of the molecule is O=C(NCc1cncnc1)Nc1ccc(S(=O)(=O)N2CCCCC2)cc1. The van der Waals surface area contributed by atoms with Crippen LogP contribution in [-0.4, -0.2) is 41.8 Å². The minimum Gasteiger partial charge on any atom is -0.334 e. The quantitative estimate of drug-likeness (QED) is 0.831. The van der Waals surface area contributed by atoms with Crippen LogP contribution in [0.2, 0.25) is 0 Å². The molecule has 1 aliphatic rings. The van der Waals surface area contributed by atoms with Gasteiger partial charge in [0, 0.05) is 43.3 Å². The van der Waals surface area contributed by atoms with Crippen molar-refractivity contribution in [1.82, 2.24) is 19.6 Å². The van der Waals surface area contributed by atoms with Crippen LogP contribution >= 0.6 is 0 Å². The summed E-state index contributed by atoms with van der Waals surface area (Å²) in [5.74, 6) is 0. The lowest BCUT2D eigenvalue weighted by atomic mass is 10.2. The number of rotatable bonds is 5. The summed E-state index contributed by atoms with van der Waals surface area (Å²) in [6.45, 7) is 1.43. The summed E-state index contributed by atoms with van der Waals surface area (Å²) in [5, 5.41) is 5.36. The number of benzene rings is 1. The Morgan fingerprint density at radius 1 is 1.04 bits per heavy atom. The van der Waals surface area contributed by atoms with Gasteiger partial charge in [-0.2, -0.15) is 4.31 Å². The standard InChI is InChI=1S/C17H21N5O3S/c23-17(20-12-14-10-18-13-19-11-14)21-15-4-6-16(7-5-15)26(24,25)22-8-2-1-3-9-22/h4-7,10-11,13H,1-3,8-9,12H2,(H2,20,21,23). The molecular formula is C17H21N5O3S. The van der Waals surface area contributed by atoms with E-state index in [1.54, 1.807) is 24.5 Å². The number of aromatic nitrogens is 2. The Kier molecular flexibility index (Phi) is 5.79. The molecule has 1 fully saturated rings. The van der Waals surface area contributed by atoms with Gasteiger partial charge in [-0.3, -0.25) is 0 Å². The normalized spacial score (nSPS) is 15.4. The van der Waals surface area contributed by atoms with Crippen molar-refractivity contribution in [2.24, 2.45) is 0 Å². The lowest BCUT2D eigenvalue weighted by Crippen LogP contribution is -2.35. The fraction of sp³-hybridized carbons (Fsp3) is 0.353. The van der Waals surface area contributed by atoms with Crippen LogP contribution in [0, 0.1) is 0 Å². The van der Waals surface area contributed by atoms with Gasteiger partial charge in [0.25, 0.3) is 0 Å². The second-order valence-electron chi connectivity index (χ2n) is 6.04. The van der Waals surface area contributed by atoms with Crippen molar-refractivity contribution >= 4 is 21.7 Å². The fourth-order valence-electron chi connectivity index (χ4n) is 2.74. The van der Waals surface area contributed by atoms with Crippen LogP contribution in [0.4, 0.5) is 10.5 Å². The van der Waals surface area contributed by atoms with Crippen molar-refractivity contribution < 1.29 is 13.2 Å². The molecule has 8 nitrogen and oxygen atoms in total. The molecule has 0 radical (unpaired) electrons. The van der Waals surface area contributed by atoms with E-state index in [1.165, 1.54) is 22.8 Å². The predicted octanol–water partition coefficient (Wildman–Crippen LogP) is 1.97. The van der Waals surface area contributed by atoms with Crippen LogP contribution in [0.5, 0.6) is 0 Å². The molecule has 0 atom stereocenters. The summed E-state index contributed by atoms with van der Waals surface area (Å²) in [4.78, 5) is 19.9. The third kappa shape index (κ3) is 4.55. The van der Waals surface area contributed by atoms with Crippen molar-refractivity contribution in [3.8, 4) is 0 Å². The third-order valence-electron chi connectivity index (χ3n) is 4.13. The van der Waals surface area contributed by atoms with Gasteiger partial charge in [0.1, 0.15) is 6.33 Å². The first kappa shape index (κ1) is 18.3. The summed E-state index contributed by atoms with van der Waals surface area (Å²) in [5.41, 5.74) is 1.30. The second kappa shape index (κ2) is 8.24. The Morgan fingerprint density at radius 2 is 1.69 bits per heavy atom. The Hall–Kier alpha value is -2.52. The van der Waals surface area contributed by atoms with Crippen molar-refractivity contribution in [2.75, 3.05) is 18.4 Å². The molecule has 0 saturated carbocycles. The topological polar surface area (TPSA) is 104 Å². The van der Waals surface area contributed by atoms with Crippen LogP contribution in [0.25, 0.3) is 0 Å². The van der Waals surface area contributed by atoms with E-state index in [0.29, 0.717) is 25.3 Å². The number of sulfonamides is 1. The summed E-state index contributed by atoms with van der Waals surface area (Å²) in [7, 11) is -3.46. The van der Waals surface area contributed by atoms with Gasteiger partial charge in [-0.1, -0.05) is 6.42 Å². The molecule has 0 unspecified atom stereocenters. The fourth-order valence-corrected chi connectivity index (χ4v) is 4.26. The molecule has 0 aliphatic carbocycles. The summed E-state index contributed by atoms with van der Waals surface area (Å²) >= 11 is 0. The van der Waals surface area contributed by atoms with Gasteiger partial charge in [-0.15, -0.1) is 0 Å². The van der Waals surface area contributed by atoms with Crippen molar-refractivity contribution in [2.45, 2.75) is 30.7 Å². The third-order valence-corrected chi connectivity index (χ3v) is 6.04. The molecule has 1 saturated heterocycles. The van der Waals surface area contributed by atoms with Crippen molar-refractivity contribution in [1.29, 1.82) is 0 Å². The van der Waals surface area contributed by atoms with E-state index in [2.05, 4.69) is 20.6 Å². The highest BCUT2D eigenvalue weighted by Crippen LogP contribution is 2.21. The molecule has 2 aromatic rings. The molecule has 1 aromatic heterocycles. The molecule has 1 aliphatic heterocycles. The summed E-state index contributed by atoms with van der Waals surface area (Å²) in [6, 6.07) is 5.82. The average Bonchev–Trinajstić information content (AvgIpc) is 2.68. The van der Waals surface area contributed by atoms with E-state index in [1.807, 2.05) is 0 Å². The van der Waals surface area contributed by atoms with Gasteiger partial charge in [-0.25, -0.2) is 23.2 Å². The lowest BCUT2D eigenvalue weighted by molar-refractivity contribution is 0.251. The summed E-state index contributed by atoms with van der Waals surface area (Å²) in [6.07, 6.45) is 7.51. The first-order chi connectivity index (χ1) is 12.6. The smallest absolute Gasteiger partial charge is 0.319 e. The Labute approximate surface area is 152 Å². The monoisotopic (exact) mass is 375 g/mol.